The van der Waals surface area contributed by atoms with Gasteiger partial charge in [0.2, 0.25) is 0 Å². The monoisotopic (exact) mass is 488 g/mol. The van der Waals surface area contributed by atoms with E-state index < -0.39 is 28.6 Å². The van der Waals surface area contributed by atoms with E-state index in [0.717, 1.165) is 12.1 Å². The van der Waals surface area contributed by atoms with Crippen LogP contribution in [0, 0.1) is 18.6 Å². The number of hydrogen-bond acceptors (Lipinski definition) is 6. The number of aromatic nitrogens is 1. The molecule has 2 aliphatic heterocycles. The highest BCUT2D eigenvalue weighted by Gasteiger charge is 2.49. The maximum absolute atomic E-state index is 14.0. The topological polar surface area (TPSA) is 76.0 Å². The molecule has 1 saturated heterocycles. The maximum Gasteiger partial charge on any atom is 0.257 e. The van der Waals surface area contributed by atoms with Gasteiger partial charge in [-0.2, -0.15) is 0 Å². The molecule has 1 N–H and O–H groups in total. The van der Waals surface area contributed by atoms with Gasteiger partial charge in [-0.25, -0.2) is 8.78 Å². The molecule has 1 spiro atoms. The quantitative estimate of drug-likeness (QED) is 0.604. The molecule has 10 heteroatoms. The van der Waals surface area contributed by atoms with Crippen LogP contribution in [-0.4, -0.2) is 61.7 Å². The van der Waals surface area contributed by atoms with Crippen LogP contribution < -0.4 is 15.8 Å². The second kappa shape index (κ2) is 9.79. The highest BCUT2D eigenvalue weighted by Crippen LogP contribution is 2.39. The van der Waals surface area contributed by atoms with Crippen LogP contribution in [0.25, 0.3) is 5.70 Å². The van der Waals surface area contributed by atoms with Crippen LogP contribution in [0.3, 0.4) is 0 Å². The number of carbonyl (C=O) groups is 1. The summed E-state index contributed by atoms with van der Waals surface area (Å²) in [5.74, 6) is -2.12. The van der Waals surface area contributed by atoms with Gasteiger partial charge in [0.1, 0.15) is 17.2 Å². The summed E-state index contributed by atoms with van der Waals surface area (Å²) in [6.45, 7) is 7.87. The number of halogens is 2. The molecule has 2 aliphatic rings. The third kappa shape index (κ3) is 4.32. The first-order chi connectivity index (χ1) is 16.7. The highest BCUT2D eigenvalue weighted by molar-refractivity contribution is 5.94. The fourth-order valence-corrected chi connectivity index (χ4v) is 4.83. The van der Waals surface area contributed by atoms with Crippen LogP contribution in [0.15, 0.2) is 35.8 Å². The highest BCUT2D eigenvalue weighted by atomic mass is 19.1. The van der Waals surface area contributed by atoms with Crippen LogP contribution in [0.5, 0.6) is 0 Å². The number of hydrogen-bond donors (Lipinski definition) is 1. The van der Waals surface area contributed by atoms with Gasteiger partial charge in [0.15, 0.2) is 11.1 Å². The zero-order chi connectivity index (χ0) is 25.3. The molecule has 4 rings (SSSR count). The molecule has 1 aromatic carbocycles. The third-order valence-electron chi connectivity index (χ3n) is 6.86. The summed E-state index contributed by atoms with van der Waals surface area (Å²) >= 11 is 0. The Kier molecular flexibility index (Phi) is 6.95. The number of ether oxygens (including phenoxy) is 2. The normalized spacial score (nSPS) is 19.4. The molecule has 0 aliphatic carbocycles. The van der Waals surface area contributed by atoms with Crippen molar-refractivity contribution in [1.82, 2.24) is 14.9 Å². The van der Waals surface area contributed by atoms with Crippen LogP contribution >= 0.6 is 0 Å². The van der Waals surface area contributed by atoms with Gasteiger partial charge in [0.25, 0.3) is 5.91 Å². The van der Waals surface area contributed by atoms with E-state index in [0.29, 0.717) is 56.2 Å². The Morgan fingerprint density at radius 1 is 1.34 bits per heavy atom. The number of amides is 1. The van der Waals surface area contributed by atoms with Gasteiger partial charge in [0, 0.05) is 63.7 Å². The van der Waals surface area contributed by atoms with Crippen LogP contribution in [0.4, 0.5) is 8.78 Å². The van der Waals surface area contributed by atoms with Crippen molar-refractivity contribution in [3.05, 3.63) is 75.2 Å². The lowest BCUT2D eigenvalue weighted by molar-refractivity contribution is 0.0890. The average Bonchev–Trinajstić information content (AvgIpc) is 3.32. The van der Waals surface area contributed by atoms with Gasteiger partial charge in [-0.15, -0.1) is 0 Å². The summed E-state index contributed by atoms with van der Waals surface area (Å²) in [5, 5.41) is 4.69. The lowest BCUT2D eigenvalue weighted by Crippen LogP contribution is -2.67. The molecule has 2 aromatic rings. The van der Waals surface area contributed by atoms with Crippen molar-refractivity contribution in [3.8, 4) is 0 Å². The molecule has 0 radical (unpaired) electrons. The first-order valence-electron chi connectivity index (χ1n) is 11.5. The summed E-state index contributed by atoms with van der Waals surface area (Å²) in [7, 11) is 3.57. The van der Waals surface area contributed by atoms with Crippen molar-refractivity contribution in [1.29, 1.82) is 0 Å². The molecule has 1 fully saturated rings. The third-order valence-corrected chi connectivity index (χ3v) is 6.86. The maximum atomic E-state index is 14.0. The van der Waals surface area contributed by atoms with Gasteiger partial charge in [-0.1, -0.05) is 12.6 Å². The number of methoxy groups -OCH3 is 1. The molecule has 3 heterocycles. The van der Waals surface area contributed by atoms with Gasteiger partial charge < -0.3 is 19.7 Å². The first kappa shape index (κ1) is 24.9. The van der Waals surface area contributed by atoms with E-state index in [1.165, 1.54) is 12.3 Å². The van der Waals surface area contributed by atoms with E-state index >= 15 is 0 Å². The smallest absolute Gasteiger partial charge is 0.257 e. The fraction of sp³-hybridized carbons (Fsp3) is 0.440. The number of pyridine rings is 1. The fourth-order valence-electron chi connectivity index (χ4n) is 4.83. The number of nitrogens with zero attached hydrogens (tertiary/aromatic N) is 3. The molecule has 8 nitrogen and oxygen atoms in total. The molecule has 1 unspecified atom stereocenters. The van der Waals surface area contributed by atoms with Crippen molar-refractivity contribution >= 4 is 11.6 Å². The molecule has 188 valence electrons. The lowest BCUT2D eigenvalue weighted by Gasteiger charge is -2.54. The second-order valence-electron chi connectivity index (χ2n) is 8.87. The lowest BCUT2D eigenvalue weighted by atomic mass is 9.99. The molecule has 1 atom stereocenters. The van der Waals surface area contributed by atoms with Crippen LogP contribution in [-0.2, 0) is 16.0 Å². The van der Waals surface area contributed by atoms with Crippen LogP contribution in [0.2, 0.25) is 0 Å². The first-order valence-corrected chi connectivity index (χ1v) is 11.5. The molecular formula is C25H30F2N4O4. The minimum Gasteiger partial charge on any atom is -0.385 e. The van der Waals surface area contributed by atoms with Gasteiger partial charge in [-0.05, 0) is 19.4 Å². The largest absolute Gasteiger partial charge is 0.385 e. The molecule has 1 aromatic heterocycles. The standard InChI is InChI=1S/C25H30F2N4O4/c1-16-22-17(2)29(3)25(8-11-35-15-25)31(9-5-10-34-4)30(22)14-20(23(16)32)24(33)28-13-18-6-7-19(26)12-21(18)27/h6-7,12,14H,2,5,8-11,13,15H2,1,3-4H3,(H,28,33). The number of likely N-dealkylation sites (N-methyl/N-ethyl adjacent to an activating group) is 1. The summed E-state index contributed by atoms with van der Waals surface area (Å²) in [6, 6.07) is 3.13. The Hall–Kier alpha value is -3.24. The number of rotatable bonds is 7. The van der Waals surface area contributed by atoms with E-state index in [9.17, 15) is 18.4 Å². The number of nitrogens with one attached hydrogen (secondary N) is 1. The van der Waals surface area contributed by atoms with Crippen molar-refractivity contribution < 1.29 is 23.0 Å². The van der Waals surface area contributed by atoms with Crippen molar-refractivity contribution in [2.45, 2.75) is 32.0 Å². The predicted molar refractivity (Wildman–Crippen MR) is 128 cm³/mol. The minimum absolute atomic E-state index is 0.0723. The Morgan fingerprint density at radius 2 is 2.11 bits per heavy atom. The predicted octanol–water partition coefficient (Wildman–Crippen LogP) is 2.37. The molecule has 35 heavy (non-hydrogen) atoms. The van der Waals surface area contributed by atoms with Gasteiger partial charge >= 0.3 is 0 Å². The summed E-state index contributed by atoms with van der Waals surface area (Å²) in [4.78, 5) is 28.3. The Balaban J connectivity index is 1.73. The number of benzene rings is 1. The van der Waals surface area contributed by atoms with E-state index in [-0.39, 0.29) is 17.7 Å². The minimum atomic E-state index is -0.768. The van der Waals surface area contributed by atoms with E-state index in [2.05, 4.69) is 16.9 Å². The van der Waals surface area contributed by atoms with Crippen LogP contribution in [0.1, 0.15) is 40.0 Å². The van der Waals surface area contributed by atoms with Gasteiger partial charge in [-0.3, -0.25) is 19.3 Å². The second-order valence-corrected chi connectivity index (χ2v) is 8.87. The number of carbonyl (C=O) groups excluding carboxylic acids is 1. The zero-order valence-corrected chi connectivity index (χ0v) is 20.2. The van der Waals surface area contributed by atoms with Crippen molar-refractivity contribution in [2.75, 3.05) is 45.5 Å². The molecule has 1 amide bonds. The van der Waals surface area contributed by atoms with E-state index in [1.54, 1.807) is 14.0 Å². The molecule has 0 saturated carbocycles. The van der Waals surface area contributed by atoms with Crippen molar-refractivity contribution in [2.24, 2.45) is 0 Å². The molecule has 0 bridgehead atoms. The average molecular weight is 489 g/mol. The summed E-state index contributed by atoms with van der Waals surface area (Å²) in [6.07, 6.45) is 2.95. The van der Waals surface area contributed by atoms with Crippen molar-refractivity contribution in [3.63, 3.8) is 0 Å². The summed E-state index contributed by atoms with van der Waals surface area (Å²) in [5.41, 5.74) is 0.752. The summed E-state index contributed by atoms with van der Waals surface area (Å²) < 4.78 is 40.1. The van der Waals surface area contributed by atoms with E-state index in [4.69, 9.17) is 9.47 Å². The van der Waals surface area contributed by atoms with E-state index in [1.807, 2.05) is 16.6 Å². The Morgan fingerprint density at radius 3 is 2.77 bits per heavy atom. The Bertz CT molecular complexity index is 1210. The van der Waals surface area contributed by atoms with Gasteiger partial charge in [0.05, 0.1) is 24.6 Å². The Labute approximate surface area is 202 Å². The number of fused-ring (bicyclic) bond motifs is 1. The SMILES string of the molecule is C=C1c2c(C)c(=O)c(C(=O)NCc3ccc(F)cc3F)cn2N(CCCOC)C2(CCOC2)N1C. The molecular weight excluding hydrogens is 458 g/mol. The zero-order valence-electron chi connectivity index (χ0n) is 20.2.